The second-order valence-electron chi connectivity index (χ2n) is 4.42. The van der Waals surface area contributed by atoms with E-state index in [0.29, 0.717) is 11.6 Å². The molecular weight excluding hydrogens is 278 g/mol. The van der Waals surface area contributed by atoms with Gasteiger partial charge in [-0.3, -0.25) is 15.1 Å². The van der Waals surface area contributed by atoms with E-state index < -0.39 is 4.92 Å². The van der Waals surface area contributed by atoms with Crippen LogP contribution in [0.3, 0.4) is 0 Å². The fourth-order valence-electron chi connectivity index (χ4n) is 1.81. The molecule has 6 heteroatoms. The van der Waals surface area contributed by atoms with Crippen LogP contribution in [0.25, 0.3) is 0 Å². The van der Waals surface area contributed by atoms with E-state index >= 15 is 0 Å². The summed E-state index contributed by atoms with van der Waals surface area (Å²) < 4.78 is 0. The maximum Gasteiger partial charge on any atom is 0.270 e. The molecule has 1 aromatic heterocycles. The monoisotopic (exact) mass is 291 g/mol. The Kier molecular flexibility index (Phi) is 4.65. The van der Waals surface area contributed by atoms with Crippen molar-refractivity contribution in [1.29, 1.82) is 0 Å². The Hall–Kier alpha value is -1.98. The second-order valence-corrected chi connectivity index (χ2v) is 4.83. The van der Waals surface area contributed by atoms with Crippen molar-refractivity contribution < 1.29 is 4.92 Å². The Morgan fingerprint density at radius 3 is 2.85 bits per heavy atom. The summed E-state index contributed by atoms with van der Waals surface area (Å²) in [6.07, 6.45) is 3.53. The molecule has 2 aromatic rings. The molecule has 0 saturated carbocycles. The van der Waals surface area contributed by atoms with Gasteiger partial charge in [-0.25, -0.2) is 0 Å². The van der Waals surface area contributed by atoms with Crippen LogP contribution in [0.2, 0.25) is 5.02 Å². The first-order chi connectivity index (χ1) is 9.58. The number of nitrogens with one attached hydrogen (secondary N) is 1. The molecule has 104 valence electrons. The fourth-order valence-corrected chi connectivity index (χ4v) is 2.05. The van der Waals surface area contributed by atoms with Gasteiger partial charge in [0.15, 0.2) is 0 Å². The standard InChI is InChI=1S/C14H14ClN3O2/c1-10(11-3-2-6-16-8-11)17-9-12-4-5-13(18(19)20)7-14(12)15/h2-8,10,17H,9H2,1H3/t10-/m1/s1. The molecule has 0 fully saturated rings. The van der Waals surface area contributed by atoms with Gasteiger partial charge in [-0.1, -0.05) is 17.7 Å². The second kappa shape index (κ2) is 6.45. The van der Waals surface area contributed by atoms with E-state index in [4.69, 9.17) is 11.6 Å². The summed E-state index contributed by atoms with van der Waals surface area (Å²) in [7, 11) is 0. The van der Waals surface area contributed by atoms with Crippen LogP contribution in [0.15, 0.2) is 42.7 Å². The van der Waals surface area contributed by atoms with Crippen LogP contribution >= 0.6 is 11.6 Å². The zero-order valence-corrected chi connectivity index (χ0v) is 11.7. The number of non-ortho nitro benzene ring substituents is 1. The minimum Gasteiger partial charge on any atom is -0.306 e. The van der Waals surface area contributed by atoms with Gasteiger partial charge in [-0.05, 0) is 30.2 Å². The molecule has 0 spiro atoms. The van der Waals surface area contributed by atoms with E-state index in [1.165, 1.54) is 12.1 Å². The quantitative estimate of drug-likeness (QED) is 0.676. The first kappa shape index (κ1) is 14.4. The lowest BCUT2D eigenvalue weighted by molar-refractivity contribution is -0.384. The van der Waals surface area contributed by atoms with Crippen molar-refractivity contribution in [2.24, 2.45) is 0 Å². The number of rotatable bonds is 5. The number of nitro benzene ring substituents is 1. The smallest absolute Gasteiger partial charge is 0.270 e. The Labute approximate surface area is 121 Å². The van der Waals surface area contributed by atoms with Crippen molar-refractivity contribution in [1.82, 2.24) is 10.3 Å². The van der Waals surface area contributed by atoms with Crippen LogP contribution in [-0.4, -0.2) is 9.91 Å². The Balaban J connectivity index is 2.02. The normalized spacial score (nSPS) is 12.1. The third-order valence-corrected chi connectivity index (χ3v) is 3.38. The van der Waals surface area contributed by atoms with Crippen molar-refractivity contribution in [2.45, 2.75) is 19.5 Å². The molecule has 5 nitrogen and oxygen atoms in total. The van der Waals surface area contributed by atoms with Crippen molar-refractivity contribution in [2.75, 3.05) is 0 Å². The van der Waals surface area contributed by atoms with Crippen LogP contribution in [0.1, 0.15) is 24.1 Å². The molecular formula is C14H14ClN3O2. The SMILES string of the molecule is C[C@@H](NCc1ccc([N+](=O)[O-])cc1Cl)c1cccnc1. The fraction of sp³-hybridized carbons (Fsp3) is 0.214. The van der Waals surface area contributed by atoms with E-state index in [2.05, 4.69) is 10.3 Å². The van der Waals surface area contributed by atoms with Crippen LogP contribution in [0.5, 0.6) is 0 Å². The molecule has 20 heavy (non-hydrogen) atoms. The maximum atomic E-state index is 10.6. The Bertz CT molecular complexity index is 605. The third-order valence-electron chi connectivity index (χ3n) is 3.03. The van der Waals surface area contributed by atoms with Crippen LogP contribution < -0.4 is 5.32 Å². The van der Waals surface area contributed by atoms with Gasteiger partial charge in [0.05, 0.1) is 9.95 Å². The van der Waals surface area contributed by atoms with E-state index in [1.54, 1.807) is 18.5 Å². The molecule has 1 heterocycles. The van der Waals surface area contributed by atoms with Crippen LogP contribution in [-0.2, 0) is 6.54 Å². The number of aromatic nitrogens is 1. The molecule has 2 rings (SSSR count). The minimum atomic E-state index is -0.457. The third kappa shape index (κ3) is 3.53. The summed E-state index contributed by atoms with van der Waals surface area (Å²) in [5.74, 6) is 0. The van der Waals surface area contributed by atoms with Gasteiger partial charge in [0.2, 0.25) is 0 Å². The van der Waals surface area contributed by atoms with Crippen molar-refractivity contribution >= 4 is 17.3 Å². The Morgan fingerprint density at radius 2 is 2.25 bits per heavy atom. The summed E-state index contributed by atoms with van der Waals surface area (Å²) >= 11 is 6.05. The number of nitro groups is 1. The predicted molar refractivity (Wildman–Crippen MR) is 77.6 cm³/mol. The summed E-state index contributed by atoms with van der Waals surface area (Å²) in [6.45, 7) is 2.56. The summed E-state index contributed by atoms with van der Waals surface area (Å²) in [5, 5.41) is 14.3. The van der Waals surface area contributed by atoms with Gasteiger partial charge in [0.1, 0.15) is 0 Å². The molecule has 0 aliphatic heterocycles. The summed E-state index contributed by atoms with van der Waals surface area (Å²) in [6, 6.07) is 8.48. The number of hydrogen-bond donors (Lipinski definition) is 1. The Morgan fingerprint density at radius 1 is 1.45 bits per heavy atom. The van der Waals surface area contributed by atoms with E-state index in [1.807, 2.05) is 19.1 Å². The van der Waals surface area contributed by atoms with Crippen molar-refractivity contribution in [3.05, 3.63) is 69.0 Å². The van der Waals surface area contributed by atoms with E-state index in [-0.39, 0.29) is 11.7 Å². The van der Waals surface area contributed by atoms with E-state index in [9.17, 15) is 10.1 Å². The highest BCUT2D eigenvalue weighted by Crippen LogP contribution is 2.23. The number of benzene rings is 1. The molecule has 0 unspecified atom stereocenters. The molecule has 1 N–H and O–H groups in total. The van der Waals surface area contributed by atoms with Gasteiger partial charge >= 0.3 is 0 Å². The minimum absolute atomic E-state index is 0.000872. The average Bonchev–Trinajstić information content (AvgIpc) is 2.46. The first-order valence-electron chi connectivity index (χ1n) is 6.14. The number of pyridine rings is 1. The van der Waals surface area contributed by atoms with Crippen molar-refractivity contribution in [3.63, 3.8) is 0 Å². The number of halogens is 1. The first-order valence-corrected chi connectivity index (χ1v) is 6.52. The highest BCUT2D eigenvalue weighted by Gasteiger charge is 2.10. The topological polar surface area (TPSA) is 68.1 Å². The zero-order valence-electron chi connectivity index (χ0n) is 10.9. The lowest BCUT2D eigenvalue weighted by atomic mass is 10.1. The van der Waals surface area contributed by atoms with Gasteiger partial charge < -0.3 is 5.32 Å². The molecule has 0 aliphatic carbocycles. The van der Waals surface area contributed by atoms with Crippen LogP contribution in [0, 0.1) is 10.1 Å². The van der Waals surface area contributed by atoms with E-state index in [0.717, 1.165) is 11.1 Å². The van der Waals surface area contributed by atoms with Gasteiger partial charge in [-0.2, -0.15) is 0 Å². The molecule has 0 radical (unpaired) electrons. The van der Waals surface area contributed by atoms with Crippen molar-refractivity contribution in [3.8, 4) is 0 Å². The lowest BCUT2D eigenvalue weighted by Gasteiger charge is -2.14. The molecule has 0 aliphatic rings. The highest BCUT2D eigenvalue weighted by molar-refractivity contribution is 6.31. The van der Waals surface area contributed by atoms with Gasteiger partial charge in [-0.15, -0.1) is 0 Å². The van der Waals surface area contributed by atoms with Gasteiger partial charge in [0.25, 0.3) is 5.69 Å². The summed E-state index contributed by atoms with van der Waals surface area (Å²) in [4.78, 5) is 14.3. The lowest BCUT2D eigenvalue weighted by Crippen LogP contribution is -2.18. The number of hydrogen-bond acceptors (Lipinski definition) is 4. The molecule has 0 amide bonds. The largest absolute Gasteiger partial charge is 0.306 e. The zero-order chi connectivity index (χ0) is 14.5. The summed E-state index contributed by atoms with van der Waals surface area (Å²) in [5.41, 5.74) is 1.90. The predicted octanol–water partition coefficient (Wildman–Crippen LogP) is 3.49. The molecule has 1 atom stereocenters. The maximum absolute atomic E-state index is 10.6. The average molecular weight is 292 g/mol. The van der Waals surface area contributed by atoms with Gasteiger partial charge in [0, 0.05) is 37.1 Å². The number of nitrogens with zero attached hydrogens (tertiary/aromatic N) is 2. The molecule has 0 saturated heterocycles. The highest BCUT2D eigenvalue weighted by atomic mass is 35.5. The molecule has 0 bridgehead atoms. The molecule has 1 aromatic carbocycles. The van der Waals surface area contributed by atoms with Crippen LogP contribution in [0.4, 0.5) is 5.69 Å².